The molecule has 0 unspecified atom stereocenters. The van der Waals surface area contributed by atoms with Gasteiger partial charge in [0.05, 0.1) is 40.1 Å². The molecule has 3 aromatic rings. The SMILES string of the molecule is COc1cc(-c2cc(NC(=O)Nc3cc(OCCN4CCOCC4)ccc3C)cc(OC)c2OC)ccc1C(C)=O. The molecule has 2 N–H and O–H groups in total. The molecule has 41 heavy (non-hydrogen) atoms. The molecule has 0 spiro atoms. The maximum absolute atomic E-state index is 13.1. The fraction of sp³-hybridized carbons (Fsp3) is 0.355. The Morgan fingerprint density at radius 3 is 2.34 bits per heavy atom. The predicted molar refractivity (Wildman–Crippen MR) is 158 cm³/mol. The molecule has 0 aromatic heterocycles. The number of aryl methyl sites for hydroxylation is 1. The largest absolute Gasteiger partial charge is 0.496 e. The Bertz CT molecular complexity index is 1390. The molecule has 2 amide bonds. The molecule has 1 heterocycles. The van der Waals surface area contributed by atoms with Crippen LogP contribution in [0.5, 0.6) is 23.0 Å². The molecule has 1 saturated heterocycles. The summed E-state index contributed by atoms with van der Waals surface area (Å²) >= 11 is 0. The molecule has 0 atom stereocenters. The standard InChI is InChI=1S/C31H37N3O7/c1-20-6-8-24(41-15-12-34-10-13-40-14-11-34)19-27(20)33-31(36)32-23-17-26(30(39-5)29(18-23)38-4)22-7-9-25(21(2)35)28(16-22)37-3/h6-9,16-19H,10-15H2,1-5H3,(H2,32,33,36). The zero-order chi connectivity index (χ0) is 29.4. The van der Waals surface area contributed by atoms with Crippen LogP contribution >= 0.6 is 0 Å². The maximum Gasteiger partial charge on any atom is 0.323 e. The van der Waals surface area contributed by atoms with Crippen molar-refractivity contribution >= 4 is 23.2 Å². The average Bonchev–Trinajstić information content (AvgIpc) is 2.98. The number of urea groups is 1. The molecule has 1 aliphatic rings. The number of hydrogen-bond donors (Lipinski definition) is 2. The van der Waals surface area contributed by atoms with E-state index in [4.69, 9.17) is 23.7 Å². The molecule has 1 aliphatic heterocycles. The molecule has 0 bridgehead atoms. The minimum absolute atomic E-state index is 0.105. The smallest absolute Gasteiger partial charge is 0.323 e. The van der Waals surface area contributed by atoms with Gasteiger partial charge in [-0.3, -0.25) is 9.69 Å². The van der Waals surface area contributed by atoms with Gasteiger partial charge in [0.2, 0.25) is 0 Å². The number of morpholine rings is 1. The van der Waals surface area contributed by atoms with Crippen molar-refractivity contribution in [2.75, 3.05) is 71.4 Å². The summed E-state index contributed by atoms with van der Waals surface area (Å²) in [6.07, 6.45) is 0. The highest BCUT2D eigenvalue weighted by Gasteiger charge is 2.18. The minimum atomic E-state index is -0.429. The van der Waals surface area contributed by atoms with Gasteiger partial charge in [-0.2, -0.15) is 0 Å². The van der Waals surface area contributed by atoms with Gasteiger partial charge in [-0.05, 0) is 49.2 Å². The van der Waals surface area contributed by atoms with Crippen LogP contribution in [-0.4, -0.2) is 77.5 Å². The van der Waals surface area contributed by atoms with E-state index in [1.807, 2.05) is 25.1 Å². The summed E-state index contributed by atoms with van der Waals surface area (Å²) in [7, 11) is 4.58. The van der Waals surface area contributed by atoms with Crippen molar-refractivity contribution in [1.29, 1.82) is 0 Å². The fourth-order valence-electron chi connectivity index (χ4n) is 4.63. The summed E-state index contributed by atoms with van der Waals surface area (Å²) in [6, 6.07) is 13.9. The molecular formula is C31H37N3O7. The normalized spacial score (nSPS) is 13.3. The number of anilines is 2. The van der Waals surface area contributed by atoms with E-state index in [0.717, 1.165) is 44.0 Å². The second kappa shape index (κ2) is 13.9. The molecule has 0 saturated carbocycles. The first-order valence-corrected chi connectivity index (χ1v) is 13.4. The number of carbonyl (C=O) groups excluding carboxylic acids is 2. The van der Waals surface area contributed by atoms with Gasteiger partial charge >= 0.3 is 6.03 Å². The Hall–Kier alpha value is -4.28. The van der Waals surface area contributed by atoms with E-state index in [1.54, 1.807) is 37.4 Å². The predicted octanol–water partition coefficient (Wildman–Crippen LogP) is 5.25. The van der Waals surface area contributed by atoms with Crippen LogP contribution in [0.3, 0.4) is 0 Å². The zero-order valence-electron chi connectivity index (χ0n) is 24.2. The van der Waals surface area contributed by atoms with Crippen molar-refractivity contribution in [2.45, 2.75) is 13.8 Å². The van der Waals surface area contributed by atoms with Crippen LogP contribution in [0.4, 0.5) is 16.2 Å². The second-order valence-electron chi connectivity index (χ2n) is 9.59. The first-order chi connectivity index (χ1) is 19.8. The quantitative estimate of drug-likeness (QED) is 0.305. The highest BCUT2D eigenvalue weighted by Crippen LogP contribution is 2.42. The third kappa shape index (κ3) is 7.47. The van der Waals surface area contributed by atoms with Crippen LogP contribution in [-0.2, 0) is 4.74 Å². The van der Waals surface area contributed by atoms with Gasteiger partial charge in [-0.25, -0.2) is 4.79 Å². The number of benzene rings is 3. The van der Waals surface area contributed by atoms with E-state index in [9.17, 15) is 9.59 Å². The Balaban J connectivity index is 1.51. The van der Waals surface area contributed by atoms with Crippen molar-refractivity contribution in [3.63, 3.8) is 0 Å². The first kappa shape index (κ1) is 29.7. The third-order valence-corrected chi connectivity index (χ3v) is 6.87. The molecular weight excluding hydrogens is 526 g/mol. The van der Waals surface area contributed by atoms with Gasteiger partial charge in [-0.1, -0.05) is 12.1 Å². The lowest BCUT2D eigenvalue weighted by Gasteiger charge is -2.26. The molecule has 4 rings (SSSR count). The lowest BCUT2D eigenvalue weighted by Crippen LogP contribution is -2.38. The first-order valence-electron chi connectivity index (χ1n) is 13.4. The summed E-state index contributed by atoms with van der Waals surface area (Å²) in [4.78, 5) is 27.4. The van der Waals surface area contributed by atoms with Crippen LogP contribution in [0.1, 0.15) is 22.8 Å². The van der Waals surface area contributed by atoms with Crippen LogP contribution in [0.25, 0.3) is 11.1 Å². The summed E-state index contributed by atoms with van der Waals surface area (Å²) in [5, 5.41) is 5.80. The topological polar surface area (TPSA) is 108 Å². The molecule has 218 valence electrons. The Labute approximate surface area is 240 Å². The number of rotatable bonds is 11. The molecule has 10 heteroatoms. The summed E-state index contributed by atoms with van der Waals surface area (Å²) in [5.74, 6) is 1.92. The Kier molecular flexibility index (Phi) is 10.0. The lowest BCUT2D eigenvalue weighted by molar-refractivity contribution is 0.0322. The van der Waals surface area contributed by atoms with Crippen molar-refractivity contribution in [3.8, 4) is 34.1 Å². The molecule has 1 fully saturated rings. The highest BCUT2D eigenvalue weighted by molar-refractivity contribution is 6.01. The van der Waals surface area contributed by atoms with Gasteiger partial charge < -0.3 is 34.3 Å². The highest BCUT2D eigenvalue weighted by atomic mass is 16.5. The van der Waals surface area contributed by atoms with Crippen LogP contribution in [0, 0.1) is 6.92 Å². The van der Waals surface area contributed by atoms with Gasteiger partial charge in [0.1, 0.15) is 18.1 Å². The Morgan fingerprint density at radius 2 is 1.66 bits per heavy atom. The molecule has 10 nitrogen and oxygen atoms in total. The van der Waals surface area contributed by atoms with E-state index < -0.39 is 6.03 Å². The number of amides is 2. The summed E-state index contributed by atoms with van der Waals surface area (Å²) in [5.41, 5.74) is 3.87. The molecule has 0 radical (unpaired) electrons. The van der Waals surface area contributed by atoms with E-state index in [2.05, 4.69) is 15.5 Å². The number of ketones is 1. The number of hydrogen-bond acceptors (Lipinski definition) is 8. The van der Waals surface area contributed by atoms with Crippen LogP contribution < -0.4 is 29.6 Å². The van der Waals surface area contributed by atoms with E-state index in [-0.39, 0.29) is 5.78 Å². The fourth-order valence-corrected chi connectivity index (χ4v) is 4.63. The number of carbonyl (C=O) groups is 2. The van der Waals surface area contributed by atoms with Crippen molar-refractivity contribution in [1.82, 2.24) is 4.90 Å². The lowest BCUT2D eigenvalue weighted by atomic mass is 9.99. The third-order valence-electron chi connectivity index (χ3n) is 6.87. The van der Waals surface area contributed by atoms with Gasteiger partial charge in [0.15, 0.2) is 17.3 Å². The molecule has 0 aliphatic carbocycles. The number of nitrogens with one attached hydrogen (secondary N) is 2. The van der Waals surface area contributed by atoms with Crippen molar-refractivity contribution in [2.24, 2.45) is 0 Å². The van der Waals surface area contributed by atoms with E-state index in [0.29, 0.717) is 52.1 Å². The van der Waals surface area contributed by atoms with E-state index in [1.165, 1.54) is 21.1 Å². The monoisotopic (exact) mass is 563 g/mol. The number of ether oxygens (including phenoxy) is 5. The number of Topliss-reactive ketones (excluding diaryl/α,β-unsaturated/α-hetero) is 1. The Morgan fingerprint density at radius 1 is 0.902 bits per heavy atom. The van der Waals surface area contributed by atoms with Gasteiger partial charge in [0, 0.05) is 48.7 Å². The van der Waals surface area contributed by atoms with E-state index >= 15 is 0 Å². The van der Waals surface area contributed by atoms with Gasteiger partial charge in [-0.15, -0.1) is 0 Å². The minimum Gasteiger partial charge on any atom is -0.496 e. The maximum atomic E-state index is 13.1. The summed E-state index contributed by atoms with van der Waals surface area (Å²) < 4.78 is 28.0. The van der Waals surface area contributed by atoms with Gasteiger partial charge in [0.25, 0.3) is 0 Å². The number of nitrogens with zero attached hydrogens (tertiary/aromatic N) is 1. The number of methoxy groups -OCH3 is 3. The van der Waals surface area contributed by atoms with Crippen molar-refractivity contribution < 1.29 is 33.3 Å². The van der Waals surface area contributed by atoms with Crippen LogP contribution in [0.2, 0.25) is 0 Å². The second-order valence-corrected chi connectivity index (χ2v) is 9.59. The molecule has 3 aromatic carbocycles. The summed E-state index contributed by atoms with van der Waals surface area (Å²) in [6.45, 7) is 8.05. The van der Waals surface area contributed by atoms with Crippen molar-refractivity contribution in [3.05, 3.63) is 59.7 Å². The average molecular weight is 564 g/mol. The zero-order valence-corrected chi connectivity index (χ0v) is 24.2. The van der Waals surface area contributed by atoms with Crippen LogP contribution in [0.15, 0.2) is 48.5 Å².